The van der Waals surface area contributed by atoms with E-state index in [-0.39, 0.29) is 6.10 Å². The molecule has 4 heteroatoms. The normalized spacial score (nSPS) is 25.7. The van der Waals surface area contributed by atoms with E-state index in [0.717, 1.165) is 44.3 Å². The quantitative estimate of drug-likeness (QED) is 0.914. The summed E-state index contributed by atoms with van der Waals surface area (Å²) in [5.74, 6) is 1.65. The number of nitrogens with one attached hydrogen (secondary N) is 1. The third-order valence-corrected chi connectivity index (χ3v) is 4.04. The van der Waals surface area contributed by atoms with Crippen LogP contribution in [0.5, 0.6) is 5.75 Å². The third-order valence-electron chi connectivity index (χ3n) is 4.04. The first-order chi connectivity index (χ1) is 9.81. The van der Waals surface area contributed by atoms with Gasteiger partial charge in [0.1, 0.15) is 11.9 Å². The number of ether oxygens (including phenoxy) is 2. The van der Waals surface area contributed by atoms with Crippen molar-refractivity contribution >= 4 is 5.69 Å². The van der Waals surface area contributed by atoms with Crippen LogP contribution in [-0.4, -0.2) is 50.9 Å². The van der Waals surface area contributed by atoms with E-state index < -0.39 is 0 Å². The van der Waals surface area contributed by atoms with Crippen molar-refractivity contribution in [3.8, 4) is 5.75 Å². The SMILES string of the molecule is CN(CC1CCCOC1)CC1CNc2ccccc2O1. The Bertz CT molecular complexity index is 432. The summed E-state index contributed by atoms with van der Waals surface area (Å²) in [5.41, 5.74) is 1.10. The Labute approximate surface area is 121 Å². The summed E-state index contributed by atoms with van der Waals surface area (Å²) in [6.45, 7) is 4.78. The average molecular weight is 276 g/mol. The van der Waals surface area contributed by atoms with Gasteiger partial charge in [-0.3, -0.25) is 0 Å². The topological polar surface area (TPSA) is 33.7 Å². The van der Waals surface area contributed by atoms with Crippen molar-refractivity contribution < 1.29 is 9.47 Å². The summed E-state index contributed by atoms with van der Waals surface area (Å²) >= 11 is 0. The molecule has 2 aliphatic rings. The monoisotopic (exact) mass is 276 g/mol. The second kappa shape index (κ2) is 6.46. The molecule has 0 radical (unpaired) electrons. The highest BCUT2D eigenvalue weighted by atomic mass is 16.5. The number of hydrogen-bond acceptors (Lipinski definition) is 4. The predicted octanol–water partition coefficient (Wildman–Crippen LogP) is 2.22. The van der Waals surface area contributed by atoms with Crippen LogP contribution < -0.4 is 10.1 Å². The smallest absolute Gasteiger partial charge is 0.142 e. The second-order valence-electron chi connectivity index (χ2n) is 5.92. The van der Waals surface area contributed by atoms with Crippen LogP contribution in [-0.2, 0) is 4.74 Å². The maximum absolute atomic E-state index is 6.06. The van der Waals surface area contributed by atoms with Crippen molar-refractivity contribution in [1.29, 1.82) is 0 Å². The van der Waals surface area contributed by atoms with Crippen molar-refractivity contribution in [3.05, 3.63) is 24.3 Å². The fraction of sp³-hybridized carbons (Fsp3) is 0.625. The van der Waals surface area contributed by atoms with Crippen molar-refractivity contribution in [2.75, 3.05) is 45.2 Å². The van der Waals surface area contributed by atoms with Gasteiger partial charge in [0.25, 0.3) is 0 Å². The molecule has 1 aromatic carbocycles. The first-order valence-corrected chi connectivity index (χ1v) is 7.57. The van der Waals surface area contributed by atoms with Crippen molar-refractivity contribution in [1.82, 2.24) is 4.90 Å². The van der Waals surface area contributed by atoms with Gasteiger partial charge in [0.15, 0.2) is 0 Å². The molecule has 1 saturated heterocycles. The molecule has 2 aliphatic heterocycles. The Balaban J connectivity index is 1.48. The average Bonchev–Trinajstić information content (AvgIpc) is 2.48. The minimum absolute atomic E-state index is 0.222. The first kappa shape index (κ1) is 13.7. The first-order valence-electron chi connectivity index (χ1n) is 7.57. The molecule has 3 rings (SSSR count). The van der Waals surface area contributed by atoms with Gasteiger partial charge in [0.05, 0.1) is 18.8 Å². The molecule has 0 aliphatic carbocycles. The molecule has 110 valence electrons. The number of fused-ring (bicyclic) bond motifs is 1. The van der Waals surface area contributed by atoms with Crippen LogP contribution in [0.25, 0.3) is 0 Å². The number of anilines is 1. The van der Waals surface area contributed by atoms with Gasteiger partial charge in [-0.2, -0.15) is 0 Å². The van der Waals surface area contributed by atoms with Gasteiger partial charge >= 0.3 is 0 Å². The van der Waals surface area contributed by atoms with E-state index in [2.05, 4.69) is 23.3 Å². The van der Waals surface area contributed by atoms with E-state index in [1.807, 2.05) is 18.2 Å². The summed E-state index contributed by atoms with van der Waals surface area (Å²) < 4.78 is 11.6. The largest absolute Gasteiger partial charge is 0.485 e. The van der Waals surface area contributed by atoms with E-state index in [1.54, 1.807) is 0 Å². The lowest BCUT2D eigenvalue weighted by atomic mass is 10.0. The zero-order valence-electron chi connectivity index (χ0n) is 12.2. The number of benzene rings is 1. The Kier molecular flexibility index (Phi) is 4.43. The van der Waals surface area contributed by atoms with Gasteiger partial charge in [0.2, 0.25) is 0 Å². The molecular weight excluding hydrogens is 252 g/mol. The molecule has 1 aromatic rings. The lowest BCUT2D eigenvalue weighted by Crippen LogP contribution is -2.42. The summed E-state index contributed by atoms with van der Waals surface area (Å²) in [5, 5.41) is 3.45. The van der Waals surface area contributed by atoms with Crippen molar-refractivity contribution in [3.63, 3.8) is 0 Å². The van der Waals surface area contributed by atoms with E-state index in [4.69, 9.17) is 9.47 Å². The number of nitrogens with zero attached hydrogens (tertiary/aromatic N) is 1. The number of hydrogen-bond donors (Lipinski definition) is 1. The van der Waals surface area contributed by atoms with Gasteiger partial charge in [-0.1, -0.05) is 12.1 Å². The van der Waals surface area contributed by atoms with Crippen LogP contribution in [0.15, 0.2) is 24.3 Å². The van der Waals surface area contributed by atoms with Crippen LogP contribution in [0.2, 0.25) is 0 Å². The van der Waals surface area contributed by atoms with Gasteiger partial charge in [-0.25, -0.2) is 0 Å². The van der Waals surface area contributed by atoms with Crippen LogP contribution in [0, 0.1) is 5.92 Å². The summed E-state index contributed by atoms with van der Waals surface area (Å²) in [7, 11) is 2.18. The number of likely N-dealkylation sites (N-methyl/N-ethyl adjacent to an activating group) is 1. The van der Waals surface area contributed by atoms with Gasteiger partial charge < -0.3 is 19.7 Å². The van der Waals surface area contributed by atoms with E-state index in [1.165, 1.54) is 12.8 Å². The molecule has 20 heavy (non-hydrogen) atoms. The maximum atomic E-state index is 6.06. The van der Waals surface area contributed by atoms with Gasteiger partial charge in [0, 0.05) is 19.7 Å². The van der Waals surface area contributed by atoms with E-state index in [0.29, 0.717) is 5.92 Å². The Morgan fingerprint density at radius 3 is 3.05 bits per heavy atom. The highest BCUT2D eigenvalue weighted by Gasteiger charge is 2.22. The van der Waals surface area contributed by atoms with Gasteiger partial charge in [-0.15, -0.1) is 0 Å². The summed E-state index contributed by atoms with van der Waals surface area (Å²) in [4.78, 5) is 2.37. The van der Waals surface area contributed by atoms with Crippen molar-refractivity contribution in [2.24, 2.45) is 5.92 Å². The molecule has 0 amide bonds. The lowest BCUT2D eigenvalue weighted by Gasteiger charge is -2.32. The maximum Gasteiger partial charge on any atom is 0.142 e. The minimum atomic E-state index is 0.222. The van der Waals surface area contributed by atoms with Gasteiger partial charge in [-0.05, 0) is 37.9 Å². The molecule has 0 spiro atoms. The summed E-state index contributed by atoms with van der Waals surface area (Å²) in [6.07, 6.45) is 2.71. The highest BCUT2D eigenvalue weighted by Crippen LogP contribution is 2.28. The zero-order valence-corrected chi connectivity index (χ0v) is 12.2. The fourth-order valence-corrected chi connectivity index (χ4v) is 3.08. The molecular formula is C16H24N2O2. The zero-order chi connectivity index (χ0) is 13.8. The second-order valence-corrected chi connectivity index (χ2v) is 5.92. The van der Waals surface area contributed by atoms with Crippen molar-refractivity contribution in [2.45, 2.75) is 18.9 Å². The fourth-order valence-electron chi connectivity index (χ4n) is 3.08. The highest BCUT2D eigenvalue weighted by molar-refractivity contribution is 5.57. The molecule has 1 fully saturated rings. The Hall–Kier alpha value is -1.26. The standard InChI is InChI=1S/C16H24N2O2/c1-18(10-13-5-4-8-19-12-13)11-14-9-17-15-6-2-3-7-16(15)20-14/h2-3,6-7,13-14,17H,4-5,8-12H2,1H3. The molecule has 2 heterocycles. The van der Waals surface area contributed by atoms with Crippen LogP contribution >= 0.6 is 0 Å². The molecule has 0 bridgehead atoms. The summed E-state index contributed by atoms with van der Waals surface area (Å²) in [6, 6.07) is 8.15. The van der Waals surface area contributed by atoms with E-state index in [9.17, 15) is 0 Å². The Morgan fingerprint density at radius 2 is 2.20 bits per heavy atom. The minimum Gasteiger partial charge on any atom is -0.485 e. The van der Waals surface area contributed by atoms with Crippen LogP contribution in [0.4, 0.5) is 5.69 Å². The van der Waals surface area contributed by atoms with Crippen LogP contribution in [0.1, 0.15) is 12.8 Å². The lowest BCUT2D eigenvalue weighted by molar-refractivity contribution is 0.0367. The molecule has 2 unspecified atom stereocenters. The third kappa shape index (κ3) is 3.44. The predicted molar refractivity (Wildman–Crippen MR) is 80.4 cm³/mol. The molecule has 0 aromatic heterocycles. The molecule has 0 saturated carbocycles. The molecule has 2 atom stereocenters. The number of para-hydroxylation sites is 2. The number of rotatable bonds is 4. The molecule has 1 N–H and O–H groups in total. The van der Waals surface area contributed by atoms with E-state index >= 15 is 0 Å². The van der Waals surface area contributed by atoms with Crippen LogP contribution in [0.3, 0.4) is 0 Å². The molecule has 4 nitrogen and oxygen atoms in total. The Morgan fingerprint density at radius 1 is 1.30 bits per heavy atom.